The van der Waals surface area contributed by atoms with Crippen LogP contribution in [0, 0.1) is 11.3 Å². The Morgan fingerprint density at radius 2 is 2.14 bits per heavy atom. The van der Waals surface area contributed by atoms with Crippen molar-refractivity contribution >= 4 is 23.2 Å². The first kappa shape index (κ1) is 15.6. The molecule has 110 valence electrons. The van der Waals surface area contributed by atoms with Gasteiger partial charge < -0.3 is 5.32 Å². The van der Waals surface area contributed by atoms with Gasteiger partial charge in [-0.3, -0.25) is 9.69 Å². The minimum absolute atomic E-state index is 0.139. The Kier molecular flexibility index (Phi) is 5.79. The van der Waals surface area contributed by atoms with Gasteiger partial charge in [0.25, 0.3) is 5.91 Å². The van der Waals surface area contributed by atoms with Crippen LogP contribution in [0.2, 0.25) is 5.02 Å². The molecule has 0 saturated carbocycles. The van der Waals surface area contributed by atoms with Crippen molar-refractivity contribution in [1.82, 2.24) is 4.90 Å². The second-order valence-electron chi connectivity index (χ2n) is 5.06. The van der Waals surface area contributed by atoms with E-state index in [9.17, 15) is 4.79 Å². The van der Waals surface area contributed by atoms with Gasteiger partial charge >= 0.3 is 0 Å². The van der Waals surface area contributed by atoms with Gasteiger partial charge in [-0.15, -0.1) is 0 Å². The molecule has 1 fully saturated rings. The van der Waals surface area contributed by atoms with E-state index in [1.165, 1.54) is 19.3 Å². The summed E-state index contributed by atoms with van der Waals surface area (Å²) in [7, 11) is 0. The highest BCUT2D eigenvalue weighted by Crippen LogP contribution is 2.15. The lowest BCUT2D eigenvalue weighted by molar-refractivity contribution is -0.112. The van der Waals surface area contributed by atoms with Gasteiger partial charge in [0.05, 0.1) is 0 Å². The molecule has 1 heterocycles. The highest BCUT2D eigenvalue weighted by molar-refractivity contribution is 6.31. The Bertz CT molecular complexity index is 571. The van der Waals surface area contributed by atoms with Crippen LogP contribution in [0.15, 0.2) is 35.9 Å². The van der Waals surface area contributed by atoms with Crippen LogP contribution in [0.4, 0.5) is 5.69 Å². The molecule has 1 aliphatic heterocycles. The number of anilines is 1. The number of nitrogens with zero attached hydrogens (tertiary/aromatic N) is 2. The molecule has 0 bridgehead atoms. The average Bonchev–Trinajstić information content (AvgIpc) is 2.49. The van der Waals surface area contributed by atoms with Crippen molar-refractivity contribution in [3.63, 3.8) is 0 Å². The maximum atomic E-state index is 12.1. The smallest absolute Gasteiger partial charge is 0.266 e. The van der Waals surface area contributed by atoms with E-state index in [1.807, 2.05) is 6.07 Å². The number of rotatable bonds is 4. The van der Waals surface area contributed by atoms with Gasteiger partial charge in [0.1, 0.15) is 11.6 Å². The first-order valence-corrected chi connectivity index (χ1v) is 7.46. The molecule has 4 nitrogen and oxygen atoms in total. The summed E-state index contributed by atoms with van der Waals surface area (Å²) in [6.45, 7) is 2.71. The van der Waals surface area contributed by atoms with Crippen LogP contribution in [0.3, 0.4) is 0 Å². The molecule has 1 aliphatic rings. The van der Waals surface area contributed by atoms with Crippen LogP contribution in [0.1, 0.15) is 19.3 Å². The number of benzene rings is 1. The molecule has 0 unspecified atom stereocenters. The lowest BCUT2D eigenvalue weighted by Crippen LogP contribution is -2.30. The summed E-state index contributed by atoms with van der Waals surface area (Å²) in [4.78, 5) is 14.3. The minimum atomic E-state index is -0.392. The Morgan fingerprint density at radius 1 is 1.38 bits per heavy atom. The number of carbonyl (C=O) groups excluding carboxylic acids is 1. The van der Waals surface area contributed by atoms with Crippen LogP contribution in [0.25, 0.3) is 0 Å². The number of amides is 1. The third kappa shape index (κ3) is 4.89. The van der Waals surface area contributed by atoms with E-state index in [0.717, 1.165) is 13.1 Å². The molecular weight excluding hydrogens is 286 g/mol. The number of halogens is 1. The summed E-state index contributed by atoms with van der Waals surface area (Å²) >= 11 is 5.87. The van der Waals surface area contributed by atoms with Crippen molar-refractivity contribution in [3.8, 4) is 6.07 Å². The number of piperidine rings is 1. The molecular formula is C16H18ClN3O. The zero-order valence-corrected chi connectivity index (χ0v) is 12.6. The number of hydrogen-bond donors (Lipinski definition) is 1. The predicted octanol–water partition coefficient (Wildman–Crippen LogP) is 3.21. The SMILES string of the molecule is N#CC(=CCN1CCCCC1)C(=O)Nc1cccc(Cl)c1. The quantitative estimate of drug-likeness (QED) is 0.686. The maximum absolute atomic E-state index is 12.1. The fraction of sp³-hybridized carbons (Fsp3) is 0.375. The van der Waals surface area contributed by atoms with Crippen molar-refractivity contribution in [2.75, 3.05) is 25.0 Å². The fourth-order valence-corrected chi connectivity index (χ4v) is 2.51. The number of hydrogen-bond acceptors (Lipinski definition) is 3. The Morgan fingerprint density at radius 3 is 2.81 bits per heavy atom. The maximum Gasteiger partial charge on any atom is 0.266 e. The van der Waals surface area contributed by atoms with E-state index in [0.29, 0.717) is 17.3 Å². The summed E-state index contributed by atoms with van der Waals surface area (Å²) in [6, 6.07) is 8.84. The summed E-state index contributed by atoms with van der Waals surface area (Å²) in [6.07, 6.45) is 5.33. The molecule has 0 spiro atoms. The van der Waals surface area contributed by atoms with Crippen molar-refractivity contribution in [2.24, 2.45) is 0 Å². The number of nitrogens with one attached hydrogen (secondary N) is 1. The van der Waals surface area contributed by atoms with E-state index in [-0.39, 0.29) is 5.57 Å². The van der Waals surface area contributed by atoms with Crippen molar-refractivity contribution in [2.45, 2.75) is 19.3 Å². The second-order valence-corrected chi connectivity index (χ2v) is 5.49. The number of nitriles is 1. The molecule has 0 aromatic heterocycles. The molecule has 1 aromatic carbocycles. The van der Waals surface area contributed by atoms with Crippen molar-refractivity contribution < 1.29 is 4.79 Å². The molecule has 1 amide bonds. The molecule has 0 radical (unpaired) electrons. The Hall–Kier alpha value is -1.83. The standard InChI is InChI=1S/C16H18ClN3O/c17-14-5-4-6-15(11-14)19-16(21)13(12-18)7-10-20-8-2-1-3-9-20/h4-7,11H,1-3,8-10H2,(H,19,21). The number of carbonyl (C=O) groups is 1. The summed E-state index contributed by atoms with van der Waals surface area (Å²) in [5.41, 5.74) is 0.729. The van der Waals surface area contributed by atoms with Gasteiger partial charge in [0, 0.05) is 17.3 Å². The lowest BCUT2D eigenvalue weighted by atomic mass is 10.1. The van der Waals surface area contributed by atoms with Gasteiger partial charge in [-0.25, -0.2) is 0 Å². The van der Waals surface area contributed by atoms with Crippen LogP contribution >= 0.6 is 11.6 Å². The number of likely N-dealkylation sites (tertiary alicyclic amines) is 1. The zero-order chi connectivity index (χ0) is 15.1. The zero-order valence-electron chi connectivity index (χ0n) is 11.8. The first-order valence-electron chi connectivity index (χ1n) is 7.08. The van der Waals surface area contributed by atoms with Crippen LogP contribution in [-0.2, 0) is 4.79 Å². The molecule has 1 aromatic rings. The highest BCUT2D eigenvalue weighted by Gasteiger charge is 2.12. The molecule has 21 heavy (non-hydrogen) atoms. The van der Waals surface area contributed by atoms with Crippen molar-refractivity contribution in [3.05, 3.63) is 40.9 Å². The molecule has 5 heteroatoms. The Balaban J connectivity index is 1.96. The van der Waals surface area contributed by atoms with Gasteiger partial charge in [-0.2, -0.15) is 5.26 Å². The van der Waals surface area contributed by atoms with Gasteiger partial charge in [0.15, 0.2) is 0 Å². The molecule has 2 rings (SSSR count). The van der Waals surface area contributed by atoms with E-state index < -0.39 is 5.91 Å². The van der Waals surface area contributed by atoms with Gasteiger partial charge in [0.2, 0.25) is 0 Å². The highest BCUT2D eigenvalue weighted by atomic mass is 35.5. The van der Waals surface area contributed by atoms with E-state index >= 15 is 0 Å². The summed E-state index contributed by atoms with van der Waals surface area (Å²) in [5, 5.41) is 12.4. The summed E-state index contributed by atoms with van der Waals surface area (Å²) in [5.74, 6) is -0.392. The summed E-state index contributed by atoms with van der Waals surface area (Å²) < 4.78 is 0. The minimum Gasteiger partial charge on any atom is -0.321 e. The van der Waals surface area contributed by atoms with E-state index in [1.54, 1.807) is 30.3 Å². The third-order valence-electron chi connectivity index (χ3n) is 3.45. The average molecular weight is 304 g/mol. The van der Waals surface area contributed by atoms with Crippen LogP contribution in [-0.4, -0.2) is 30.4 Å². The van der Waals surface area contributed by atoms with E-state index in [2.05, 4.69) is 10.2 Å². The molecule has 0 aliphatic carbocycles. The lowest BCUT2D eigenvalue weighted by Gasteiger charge is -2.24. The molecule has 1 N–H and O–H groups in total. The third-order valence-corrected chi connectivity index (χ3v) is 3.68. The topological polar surface area (TPSA) is 56.1 Å². The monoisotopic (exact) mass is 303 g/mol. The normalized spacial score (nSPS) is 16.3. The molecule has 0 atom stereocenters. The van der Waals surface area contributed by atoms with E-state index in [4.69, 9.17) is 16.9 Å². The first-order chi connectivity index (χ1) is 10.2. The van der Waals surface area contributed by atoms with Crippen LogP contribution in [0.5, 0.6) is 0 Å². The van der Waals surface area contributed by atoms with Crippen molar-refractivity contribution in [1.29, 1.82) is 5.26 Å². The predicted molar refractivity (Wildman–Crippen MR) is 84.1 cm³/mol. The van der Waals surface area contributed by atoms with Crippen LogP contribution < -0.4 is 5.32 Å². The Labute approximate surface area is 130 Å². The molecule has 1 saturated heterocycles. The van der Waals surface area contributed by atoms with Gasteiger partial charge in [-0.05, 0) is 50.2 Å². The van der Waals surface area contributed by atoms with Gasteiger partial charge in [-0.1, -0.05) is 24.1 Å². The second kappa shape index (κ2) is 7.82. The fourth-order valence-electron chi connectivity index (χ4n) is 2.32. The largest absolute Gasteiger partial charge is 0.321 e.